The lowest BCUT2D eigenvalue weighted by Gasteiger charge is -2.24. The van der Waals surface area contributed by atoms with Crippen molar-refractivity contribution < 1.29 is 19.0 Å². The van der Waals surface area contributed by atoms with Crippen molar-refractivity contribution in [3.63, 3.8) is 0 Å². The summed E-state index contributed by atoms with van der Waals surface area (Å²) in [5.41, 5.74) is 3.48. The molecule has 0 aliphatic carbocycles. The first-order valence-electron chi connectivity index (χ1n) is 14.1. The number of carbonyl (C=O) groups is 1. The van der Waals surface area contributed by atoms with Gasteiger partial charge in [0.05, 0.1) is 46.7 Å². The van der Waals surface area contributed by atoms with Crippen LogP contribution in [0.4, 0.5) is 0 Å². The Balaban J connectivity index is 1.55. The maximum Gasteiger partial charge on any atom is 0.338 e. The van der Waals surface area contributed by atoms with Gasteiger partial charge in [0.15, 0.2) is 16.3 Å². The molecule has 0 saturated carbocycles. The van der Waals surface area contributed by atoms with Gasteiger partial charge in [0.2, 0.25) is 0 Å². The van der Waals surface area contributed by atoms with E-state index in [1.54, 1.807) is 48.4 Å². The van der Waals surface area contributed by atoms with Gasteiger partial charge in [0.1, 0.15) is 6.61 Å². The Kier molecular flexibility index (Phi) is 9.68. The van der Waals surface area contributed by atoms with E-state index in [0.29, 0.717) is 44.3 Å². The van der Waals surface area contributed by atoms with Gasteiger partial charge in [0.25, 0.3) is 5.56 Å². The van der Waals surface area contributed by atoms with Gasteiger partial charge in [-0.15, -0.1) is 11.8 Å². The molecule has 1 aliphatic heterocycles. The number of thiazole rings is 1. The van der Waals surface area contributed by atoms with E-state index in [4.69, 9.17) is 14.2 Å². The van der Waals surface area contributed by atoms with E-state index in [9.17, 15) is 14.9 Å². The molecule has 0 bridgehead atoms. The molecule has 1 aromatic heterocycles. The SMILES string of the molecule is CCOC(=O)C1=C(C)N=c2s/c(=C/c3ccc(OCc4ccccc4C#N)c(OCC)c3)c(=O)n2[C@@H]1c1ccc(SC)cc1. The third-order valence-corrected chi connectivity index (χ3v) is 8.76. The first-order chi connectivity index (χ1) is 21.4. The number of aromatic nitrogens is 1. The first-order valence-corrected chi connectivity index (χ1v) is 16.1. The highest BCUT2D eigenvalue weighted by molar-refractivity contribution is 7.98. The molecule has 0 spiro atoms. The number of carbonyl (C=O) groups excluding carboxylic acids is 1. The number of nitriles is 1. The van der Waals surface area contributed by atoms with E-state index in [-0.39, 0.29) is 18.8 Å². The Morgan fingerprint density at radius 3 is 2.55 bits per heavy atom. The van der Waals surface area contributed by atoms with Crippen molar-refractivity contribution in [2.75, 3.05) is 19.5 Å². The van der Waals surface area contributed by atoms with E-state index in [2.05, 4.69) is 11.1 Å². The molecule has 44 heavy (non-hydrogen) atoms. The summed E-state index contributed by atoms with van der Waals surface area (Å²) in [6.07, 6.45) is 3.79. The van der Waals surface area contributed by atoms with Gasteiger partial charge in [-0.05, 0) is 74.6 Å². The number of benzene rings is 3. The van der Waals surface area contributed by atoms with Crippen LogP contribution < -0.4 is 24.4 Å². The second-order valence-corrected chi connectivity index (χ2v) is 11.7. The van der Waals surface area contributed by atoms with Crippen LogP contribution in [-0.2, 0) is 16.1 Å². The monoisotopic (exact) mass is 625 g/mol. The molecule has 5 rings (SSSR count). The van der Waals surface area contributed by atoms with Crippen LogP contribution in [0.1, 0.15) is 49.1 Å². The zero-order valence-electron chi connectivity index (χ0n) is 24.8. The van der Waals surface area contributed by atoms with Crippen LogP contribution in [0.3, 0.4) is 0 Å². The van der Waals surface area contributed by atoms with Gasteiger partial charge in [-0.2, -0.15) is 5.26 Å². The predicted molar refractivity (Wildman–Crippen MR) is 172 cm³/mol. The second kappa shape index (κ2) is 13.8. The summed E-state index contributed by atoms with van der Waals surface area (Å²) >= 11 is 2.88. The Bertz CT molecular complexity index is 1950. The fourth-order valence-electron chi connectivity index (χ4n) is 4.96. The highest BCUT2D eigenvalue weighted by Crippen LogP contribution is 2.32. The second-order valence-electron chi connectivity index (χ2n) is 9.77. The zero-order chi connectivity index (χ0) is 31.2. The molecule has 224 valence electrons. The smallest absolute Gasteiger partial charge is 0.338 e. The number of ether oxygens (including phenoxy) is 3. The highest BCUT2D eigenvalue weighted by Gasteiger charge is 2.33. The molecule has 1 aliphatic rings. The van der Waals surface area contributed by atoms with Crippen molar-refractivity contribution in [2.24, 2.45) is 4.99 Å². The number of thioether (sulfide) groups is 1. The highest BCUT2D eigenvalue weighted by atomic mass is 32.2. The van der Waals surface area contributed by atoms with Gasteiger partial charge >= 0.3 is 5.97 Å². The minimum Gasteiger partial charge on any atom is -0.490 e. The first kappa shape index (κ1) is 30.9. The lowest BCUT2D eigenvalue weighted by Crippen LogP contribution is -2.39. The van der Waals surface area contributed by atoms with Crippen LogP contribution in [0.2, 0.25) is 0 Å². The van der Waals surface area contributed by atoms with Crippen molar-refractivity contribution in [1.29, 1.82) is 5.26 Å². The van der Waals surface area contributed by atoms with E-state index in [1.807, 2.05) is 67.8 Å². The van der Waals surface area contributed by atoms with Crippen LogP contribution >= 0.6 is 23.1 Å². The Hall–Kier alpha value is -4.59. The summed E-state index contributed by atoms with van der Waals surface area (Å²) in [5, 5.41) is 9.40. The predicted octanol–water partition coefficient (Wildman–Crippen LogP) is 5.37. The van der Waals surface area contributed by atoms with Crippen molar-refractivity contribution >= 4 is 35.1 Å². The molecule has 10 heteroatoms. The van der Waals surface area contributed by atoms with Gasteiger partial charge in [-0.1, -0.05) is 47.7 Å². The van der Waals surface area contributed by atoms with Crippen molar-refractivity contribution in [3.8, 4) is 17.6 Å². The molecule has 8 nitrogen and oxygen atoms in total. The minimum absolute atomic E-state index is 0.210. The molecule has 0 amide bonds. The average Bonchev–Trinajstić information content (AvgIpc) is 3.34. The number of hydrogen-bond acceptors (Lipinski definition) is 9. The van der Waals surface area contributed by atoms with Crippen LogP contribution in [0.5, 0.6) is 11.5 Å². The number of allylic oxidation sites excluding steroid dienone is 1. The summed E-state index contributed by atoms with van der Waals surface area (Å²) < 4.78 is 19.4. The third kappa shape index (κ3) is 6.34. The fraction of sp³-hybridized carbons (Fsp3) is 0.235. The minimum atomic E-state index is -0.672. The Morgan fingerprint density at radius 1 is 1.07 bits per heavy atom. The Morgan fingerprint density at radius 2 is 1.84 bits per heavy atom. The normalized spacial score (nSPS) is 14.4. The molecular weight excluding hydrogens is 595 g/mol. The lowest BCUT2D eigenvalue weighted by molar-refractivity contribution is -0.139. The fourth-order valence-corrected chi connectivity index (χ4v) is 6.41. The van der Waals surface area contributed by atoms with Gasteiger partial charge in [0, 0.05) is 10.5 Å². The molecule has 2 heterocycles. The largest absolute Gasteiger partial charge is 0.490 e. The summed E-state index contributed by atoms with van der Waals surface area (Å²) in [6, 6.07) is 22.1. The molecule has 0 saturated heterocycles. The van der Waals surface area contributed by atoms with Gasteiger partial charge < -0.3 is 14.2 Å². The van der Waals surface area contributed by atoms with E-state index in [0.717, 1.165) is 21.6 Å². The van der Waals surface area contributed by atoms with E-state index >= 15 is 0 Å². The van der Waals surface area contributed by atoms with Crippen LogP contribution in [0, 0.1) is 11.3 Å². The van der Waals surface area contributed by atoms with Crippen LogP contribution in [-0.4, -0.2) is 30.0 Å². The van der Waals surface area contributed by atoms with Crippen molar-refractivity contribution in [3.05, 3.63) is 120 Å². The number of rotatable bonds is 10. The van der Waals surface area contributed by atoms with Crippen molar-refractivity contribution in [1.82, 2.24) is 4.57 Å². The number of fused-ring (bicyclic) bond motifs is 1. The lowest BCUT2D eigenvalue weighted by atomic mass is 9.96. The van der Waals surface area contributed by atoms with E-state index in [1.165, 1.54) is 11.3 Å². The Labute approximate surface area is 263 Å². The maximum absolute atomic E-state index is 14.0. The molecule has 4 aromatic rings. The molecule has 0 unspecified atom stereocenters. The third-order valence-electron chi connectivity index (χ3n) is 7.03. The summed E-state index contributed by atoms with van der Waals surface area (Å²) in [6.45, 7) is 6.25. The maximum atomic E-state index is 14.0. The van der Waals surface area contributed by atoms with Gasteiger partial charge in [-0.25, -0.2) is 9.79 Å². The summed E-state index contributed by atoms with van der Waals surface area (Å²) in [5.74, 6) is 0.563. The van der Waals surface area contributed by atoms with Crippen molar-refractivity contribution in [2.45, 2.75) is 38.3 Å². The summed E-state index contributed by atoms with van der Waals surface area (Å²) in [7, 11) is 0. The van der Waals surface area contributed by atoms with Crippen LogP contribution in [0.25, 0.3) is 6.08 Å². The molecule has 0 fully saturated rings. The standard InChI is InChI=1S/C34H31N3O5S2/c1-5-40-28-17-22(11-16-27(28)42-20-25-10-8-7-9-24(25)19-35)18-29-32(38)37-31(23-12-14-26(43-4)15-13-23)30(33(39)41-6-2)21(3)36-34(37)44-29/h7-18,31H,5-6,20H2,1-4H3/b29-18+/t31-/m1/s1. The van der Waals surface area contributed by atoms with Gasteiger partial charge in [-0.3, -0.25) is 9.36 Å². The van der Waals surface area contributed by atoms with Crippen LogP contribution in [0.15, 0.2) is 92.7 Å². The molecule has 3 aromatic carbocycles. The summed E-state index contributed by atoms with van der Waals surface area (Å²) in [4.78, 5) is 33.4. The number of hydrogen-bond donors (Lipinski definition) is 0. The average molecular weight is 626 g/mol. The number of esters is 1. The molecule has 0 radical (unpaired) electrons. The molecule has 0 N–H and O–H groups in total. The molecular formula is C34H31N3O5S2. The zero-order valence-corrected chi connectivity index (χ0v) is 26.5. The number of nitrogens with zero attached hydrogens (tertiary/aromatic N) is 3. The quantitative estimate of drug-likeness (QED) is 0.173. The molecule has 1 atom stereocenters. The van der Waals surface area contributed by atoms with E-state index < -0.39 is 12.0 Å². The topological polar surface area (TPSA) is 103 Å².